The Morgan fingerprint density at radius 2 is 1.88 bits per heavy atom. The van der Waals surface area contributed by atoms with Crippen LogP contribution < -0.4 is 5.32 Å². The van der Waals surface area contributed by atoms with Crippen LogP contribution in [-0.2, 0) is 0 Å². The van der Waals surface area contributed by atoms with Gasteiger partial charge in [-0.2, -0.15) is 0 Å². The van der Waals surface area contributed by atoms with Gasteiger partial charge in [0.05, 0.1) is 0 Å². The summed E-state index contributed by atoms with van der Waals surface area (Å²) in [6, 6.07) is 7.33. The van der Waals surface area contributed by atoms with Crippen molar-refractivity contribution in [2.45, 2.75) is 38.1 Å². The standard InChI is InChI=1S/C14H20FN/c1-16-14(11-7-3-2-4-8-11)12-9-5-6-10-13(12)15/h5-6,9-11,14,16H,2-4,7-8H2,1H3. The summed E-state index contributed by atoms with van der Waals surface area (Å²) in [5.41, 5.74) is 0.830. The summed E-state index contributed by atoms with van der Waals surface area (Å²) in [7, 11) is 1.94. The van der Waals surface area contributed by atoms with Crippen molar-refractivity contribution in [3.8, 4) is 0 Å². The molecule has 88 valence electrons. The van der Waals surface area contributed by atoms with Gasteiger partial charge in [-0.1, -0.05) is 37.5 Å². The lowest BCUT2D eigenvalue weighted by atomic mass is 9.81. The number of halogens is 1. The summed E-state index contributed by atoms with van der Waals surface area (Å²) in [5.74, 6) is 0.517. The van der Waals surface area contributed by atoms with Crippen LogP contribution in [0.1, 0.15) is 43.7 Å². The molecule has 0 aromatic heterocycles. The molecule has 0 spiro atoms. The van der Waals surface area contributed by atoms with E-state index in [-0.39, 0.29) is 11.9 Å². The summed E-state index contributed by atoms with van der Waals surface area (Å²) in [6.45, 7) is 0. The predicted octanol–water partition coefficient (Wildman–Crippen LogP) is 3.67. The van der Waals surface area contributed by atoms with Gasteiger partial charge in [-0.25, -0.2) is 4.39 Å². The zero-order chi connectivity index (χ0) is 11.4. The molecule has 0 aliphatic heterocycles. The van der Waals surface area contributed by atoms with Gasteiger partial charge >= 0.3 is 0 Å². The predicted molar refractivity (Wildman–Crippen MR) is 64.8 cm³/mol. The normalized spacial score (nSPS) is 19.6. The Labute approximate surface area is 97.1 Å². The maximum Gasteiger partial charge on any atom is 0.127 e. The van der Waals surface area contributed by atoms with Crippen LogP contribution >= 0.6 is 0 Å². The molecule has 1 unspecified atom stereocenters. The van der Waals surface area contributed by atoms with Crippen molar-refractivity contribution < 1.29 is 4.39 Å². The largest absolute Gasteiger partial charge is 0.313 e. The smallest absolute Gasteiger partial charge is 0.127 e. The summed E-state index contributed by atoms with van der Waals surface area (Å²) in [4.78, 5) is 0. The number of nitrogens with one attached hydrogen (secondary N) is 1. The van der Waals surface area contributed by atoms with E-state index in [0.717, 1.165) is 5.56 Å². The molecule has 2 rings (SSSR count). The minimum absolute atomic E-state index is 0.0765. The van der Waals surface area contributed by atoms with Crippen LogP contribution in [0, 0.1) is 11.7 Å². The van der Waals surface area contributed by atoms with Crippen molar-refractivity contribution in [3.63, 3.8) is 0 Å². The molecule has 1 saturated carbocycles. The monoisotopic (exact) mass is 221 g/mol. The number of hydrogen-bond acceptors (Lipinski definition) is 1. The maximum atomic E-state index is 13.7. The van der Waals surface area contributed by atoms with Crippen molar-refractivity contribution in [1.29, 1.82) is 0 Å². The molecule has 1 aromatic carbocycles. The van der Waals surface area contributed by atoms with Gasteiger partial charge in [0.15, 0.2) is 0 Å². The molecule has 0 amide bonds. The number of hydrogen-bond donors (Lipinski definition) is 1. The summed E-state index contributed by atoms with van der Waals surface area (Å²) < 4.78 is 13.7. The molecule has 0 saturated heterocycles. The minimum Gasteiger partial charge on any atom is -0.313 e. The highest BCUT2D eigenvalue weighted by molar-refractivity contribution is 5.22. The fourth-order valence-corrected chi connectivity index (χ4v) is 2.84. The van der Waals surface area contributed by atoms with Crippen LogP contribution in [0.25, 0.3) is 0 Å². The molecule has 0 bridgehead atoms. The van der Waals surface area contributed by atoms with Crippen molar-refractivity contribution in [2.24, 2.45) is 5.92 Å². The van der Waals surface area contributed by atoms with Gasteiger partial charge in [-0.3, -0.25) is 0 Å². The van der Waals surface area contributed by atoms with Gasteiger partial charge in [-0.15, -0.1) is 0 Å². The molecule has 1 fully saturated rings. The SMILES string of the molecule is CNC(c1ccccc1F)C1CCCCC1. The fourth-order valence-electron chi connectivity index (χ4n) is 2.84. The summed E-state index contributed by atoms with van der Waals surface area (Å²) in [6.07, 6.45) is 6.36. The molecule has 0 heterocycles. The second-order valence-electron chi connectivity index (χ2n) is 4.69. The molecular weight excluding hydrogens is 201 g/mol. The van der Waals surface area contributed by atoms with E-state index in [1.54, 1.807) is 12.1 Å². The Morgan fingerprint density at radius 1 is 1.19 bits per heavy atom. The van der Waals surface area contributed by atoms with Crippen molar-refractivity contribution in [1.82, 2.24) is 5.32 Å². The zero-order valence-electron chi connectivity index (χ0n) is 9.88. The minimum atomic E-state index is -0.0765. The molecule has 1 atom stereocenters. The topological polar surface area (TPSA) is 12.0 Å². The molecule has 1 aliphatic rings. The third kappa shape index (κ3) is 2.43. The lowest BCUT2D eigenvalue weighted by Gasteiger charge is -2.30. The van der Waals surface area contributed by atoms with Crippen LogP contribution in [0.3, 0.4) is 0 Å². The number of benzene rings is 1. The van der Waals surface area contributed by atoms with E-state index in [0.29, 0.717) is 5.92 Å². The first kappa shape index (κ1) is 11.6. The summed E-state index contributed by atoms with van der Waals surface area (Å²) >= 11 is 0. The highest BCUT2D eigenvalue weighted by atomic mass is 19.1. The molecule has 1 N–H and O–H groups in total. The molecule has 1 aromatic rings. The molecule has 16 heavy (non-hydrogen) atoms. The van der Waals surface area contributed by atoms with Gasteiger partial charge in [0.1, 0.15) is 5.82 Å². The van der Waals surface area contributed by atoms with Gasteiger partial charge in [0.2, 0.25) is 0 Å². The second kappa shape index (κ2) is 5.44. The highest BCUT2D eigenvalue weighted by Gasteiger charge is 2.25. The van der Waals surface area contributed by atoms with Crippen molar-refractivity contribution >= 4 is 0 Å². The average Bonchev–Trinajstić information content (AvgIpc) is 2.34. The van der Waals surface area contributed by atoms with Crippen molar-refractivity contribution in [3.05, 3.63) is 35.6 Å². The van der Waals surface area contributed by atoms with Crippen LogP contribution in [0.2, 0.25) is 0 Å². The first-order valence-corrected chi connectivity index (χ1v) is 6.24. The second-order valence-corrected chi connectivity index (χ2v) is 4.69. The van der Waals surface area contributed by atoms with Crippen LogP contribution in [-0.4, -0.2) is 7.05 Å². The van der Waals surface area contributed by atoms with E-state index < -0.39 is 0 Å². The van der Waals surface area contributed by atoms with E-state index in [9.17, 15) is 4.39 Å². The quantitative estimate of drug-likeness (QED) is 0.821. The Hall–Kier alpha value is -0.890. The van der Waals surface area contributed by atoms with Gasteiger partial charge < -0.3 is 5.32 Å². The van der Waals surface area contributed by atoms with E-state index in [1.165, 1.54) is 32.1 Å². The molecule has 0 radical (unpaired) electrons. The third-order valence-corrected chi connectivity index (χ3v) is 3.67. The van der Waals surface area contributed by atoms with E-state index in [2.05, 4.69) is 5.32 Å². The molecule has 1 aliphatic carbocycles. The first-order valence-electron chi connectivity index (χ1n) is 6.24. The van der Waals surface area contributed by atoms with E-state index in [1.807, 2.05) is 19.2 Å². The van der Waals surface area contributed by atoms with Gasteiger partial charge in [-0.05, 0) is 31.9 Å². The van der Waals surface area contributed by atoms with Crippen LogP contribution in [0.5, 0.6) is 0 Å². The summed E-state index contributed by atoms with van der Waals surface area (Å²) in [5, 5.41) is 3.29. The Balaban J connectivity index is 2.18. The van der Waals surface area contributed by atoms with Gasteiger partial charge in [0.25, 0.3) is 0 Å². The highest BCUT2D eigenvalue weighted by Crippen LogP contribution is 2.34. The average molecular weight is 221 g/mol. The van der Waals surface area contributed by atoms with Crippen LogP contribution in [0.15, 0.2) is 24.3 Å². The Morgan fingerprint density at radius 3 is 2.50 bits per heavy atom. The van der Waals surface area contributed by atoms with E-state index >= 15 is 0 Å². The third-order valence-electron chi connectivity index (χ3n) is 3.67. The molecular formula is C14H20FN. The zero-order valence-corrected chi connectivity index (χ0v) is 9.88. The lowest BCUT2D eigenvalue weighted by molar-refractivity contribution is 0.277. The van der Waals surface area contributed by atoms with Crippen molar-refractivity contribution in [2.75, 3.05) is 7.05 Å². The number of rotatable bonds is 3. The Kier molecular flexibility index (Phi) is 3.94. The fraction of sp³-hybridized carbons (Fsp3) is 0.571. The first-order chi connectivity index (χ1) is 7.83. The molecule has 2 heteroatoms. The maximum absolute atomic E-state index is 13.7. The molecule has 1 nitrogen and oxygen atoms in total. The van der Waals surface area contributed by atoms with E-state index in [4.69, 9.17) is 0 Å². The van der Waals surface area contributed by atoms with Gasteiger partial charge in [0, 0.05) is 11.6 Å². The lowest BCUT2D eigenvalue weighted by Crippen LogP contribution is -2.27. The Bertz CT molecular complexity index is 331. The van der Waals surface area contributed by atoms with Crippen LogP contribution in [0.4, 0.5) is 4.39 Å².